The van der Waals surface area contributed by atoms with Crippen LogP contribution in [0, 0.1) is 11.8 Å². The minimum absolute atomic E-state index is 0.0603. The number of likely N-dealkylation sites (tertiary alicyclic amines) is 1. The summed E-state index contributed by atoms with van der Waals surface area (Å²) in [5.41, 5.74) is 0.798. The Hall–Kier alpha value is -2.24. The smallest absolute Gasteiger partial charge is 0.259 e. The van der Waals surface area contributed by atoms with Crippen molar-refractivity contribution >= 4 is 5.91 Å². The molecular formula is C23H30N4O2. The Morgan fingerprint density at radius 3 is 2.62 bits per heavy atom. The van der Waals surface area contributed by atoms with Gasteiger partial charge in [0, 0.05) is 37.3 Å². The fourth-order valence-electron chi connectivity index (χ4n) is 5.21. The first-order chi connectivity index (χ1) is 14.2. The van der Waals surface area contributed by atoms with Gasteiger partial charge in [-0.2, -0.15) is 4.98 Å². The fraction of sp³-hybridized carbons (Fsp3) is 0.652. The Bertz CT molecular complexity index is 832. The predicted molar refractivity (Wildman–Crippen MR) is 109 cm³/mol. The summed E-state index contributed by atoms with van der Waals surface area (Å²) in [6.45, 7) is 1.63. The van der Waals surface area contributed by atoms with Gasteiger partial charge in [-0.25, -0.2) is 0 Å². The van der Waals surface area contributed by atoms with Gasteiger partial charge < -0.3 is 9.42 Å². The molecule has 2 aromatic rings. The maximum atomic E-state index is 12.8. The molecule has 0 aromatic carbocycles. The van der Waals surface area contributed by atoms with E-state index in [-0.39, 0.29) is 5.41 Å². The van der Waals surface area contributed by atoms with Crippen molar-refractivity contribution in [3.05, 3.63) is 30.4 Å². The van der Waals surface area contributed by atoms with Gasteiger partial charge in [0.15, 0.2) is 5.82 Å². The summed E-state index contributed by atoms with van der Waals surface area (Å²) >= 11 is 0. The Labute approximate surface area is 172 Å². The number of hydrogen-bond donors (Lipinski definition) is 0. The molecule has 2 aliphatic carbocycles. The molecular weight excluding hydrogens is 364 g/mol. The zero-order chi connectivity index (χ0) is 19.7. The van der Waals surface area contributed by atoms with Crippen molar-refractivity contribution in [3.63, 3.8) is 0 Å². The SMILES string of the molecule is O=C(CC1CCCC1)N1CCC(CC2CC2)(c2noc(-c3cccnc3)n2)CC1. The third-order valence-electron chi connectivity index (χ3n) is 7.20. The summed E-state index contributed by atoms with van der Waals surface area (Å²) in [5.74, 6) is 3.10. The molecule has 0 bridgehead atoms. The lowest BCUT2D eigenvalue weighted by atomic mass is 9.73. The number of amides is 1. The van der Waals surface area contributed by atoms with E-state index in [1.165, 1.54) is 38.5 Å². The maximum Gasteiger partial charge on any atom is 0.259 e. The summed E-state index contributed by atoms with van der Waals surface area (Å²) in [5, 5.41) is 4.40. The van der Waals surface area contributed by atoms with Crippen molar-refractivity contribution in [1.82, 2.24) is 20.0 Å². The third-order valence-corrected chi connectivity index (χ3v) is 7.20. The molecule has 0 N–H and O–H groups in total. The lowest BCUT2D eigenvalue weighted by Crippen LogP contribution is -2.46. The van der Waals surface area contributed by atoms with E-state index in [0.717, 1.165) is 56.1 Å². The van der Waals surface area contributed by atoms with Crippen molar-refractivity contribution in [2.75, 3.05) is 13.1 Å². The van der Waals surface area contributed by atoms with Crippen molar-refractivity contribution in [1.29, 1.82) is 0 Å². The molecule has 29 heavy (non-hydrogen) atoms. The second kappa shape index (κ2) is 7.88. The van der Waals surface area contributed by atoms with Crippen LogP contribution in [-0.4, -0.2) is 39.0 Å². The molecule has 2 saturated carbocycles. The highest BCUT2D eigenvalue weighted by atomic mass is 16.5. The molecule has 1 amide bonds. The molecule has 5 rings (SSSR count). The molecule has 1 saturated heterocycles. The number of nitrogens with zero attached hydrogens (tertiary/aromatic N) is 4. The number of carbonyl (C=O) groups excluding carboxylic acids is 1. The monoisotopic (exact) mass is 394 g/mol. The largest absolute Gasteiger partial charge is 0.343 e. The zero-order valence-corrected chi connectivity index (χ0v) is 17.1. The zero-order valence-electron chi connectivity index (χ0n) is 17.1. The van der Waals surface area contributed by atoms with Gasteiger partial charge in [-0.05, 0) is 56.1 Å². The highest BCUT2D eigenvalue weighted by molar-refractivity contribution is 5.76. The van der Waals surface area contributed by atoms with E-state index in [1.807, 2.05) is 12.1 Å². The summed E-state index contributed by atoms with van der Waals surface area (Å²) in [4.78, 5) is 23.8. The van der Waals surface area contributed by atoms with Crippen molar-refractivity contribution in [3.8, 4) is 11.5 Å². The Kier molecular flexibility index (Phi) is 5.10. The second-order valence-electron chi connectivity index (χ2n) is 9.33. The summed E-state index contributed by atoms with van der Waals surface area (Å²) in [6.07, 6.45) is 14.9. The molecule has 0 spiro atoms. The summed E-state index contributed by atoms with van der Waals surface area (Å²) in [6, 6.07) is 3.83. The van der Waals surface area contributed by atoms with Gasteiger partial charge in [0.25, 0.3) is 5.89 Å². The van der Waals surface area contributed by atoms with E-state index in [0.29, 0.717) is 17.7 Å². The first-order valence-electron chi connectivity index (χ1n) is 11.2. The Balaban J connectivity index is 1.30. The average molecular weight is 395 g/mol. The van der Waals surface area contributed by atoms with Crippen LogP contribution >= 0.6 is 0 Å². The second-order valence-corrected chi connectivity index (χ2v) is 9.33. The van der Waals surface area contributed by atoms with Crippen LogP contribution < -0.4 is 0 Å². The van der Waals surface area contributed by atoms with Gasteiger partial charge in [0.2, 0.25) is 5.91 Å². The van der Waals surface area contributed by atoms with Crippen molar-refractivity contribution in [2.45, 2.75) is 69.6 Å². The van der Waals surface area contributed by atoms with Crippen molar-refractivity contribution in [2.24, 2.45) is 11.8 Å². The summed E-state index contributed by atoms with van der Waals surface area (Å²) in [7, 11) is 0. The average Bonchev–Trinajstić information content (AvgIpc) is 3.21. The lowest BCUT2D eigenvalue weighted by Gasteiger charge is -2.40. The van der Waals surface area contributed by atoms with Gasteiger partial charge in [-0.15, -0.1) is 0 Å². The number of piperidine rings is 1. The standard InChI is InChI=1S/C23H30N4O2/c28-20(14-17-4-1-2-5-17)27-12-9-23(10-13-27,15-18-7-8-18)22-25-21(29-26-22)19-6-3-11-24-16-19/h3,6,11,16-18H,1-2,4-5,7-10,12-15H2. The predicted octanol–water partition coefficient (Wildman–Crippen LogP) is 4.37. The number of rotatable bonds is 6. The van der Waals surface area contributed by atoms with Gasteiger partial charge in [0.05, 0.1) is 5.56 Å². The maximum absolute atomic E-state index is 12.8. The number of aromatic nitrogens is 3. The minimum atomic E-state index is -0.0603. The third kappa shape index (κ3) is 4.07. The van der Waals surface area contributed by atoms with E-state index in [1.54, 1.807) is 12.4 Å². The first kappa shape index (κ1) is 18.8. The van der Waals surface area contributed by atoms with Crippen LogP contribution in [0.15, 0.2) is 29.0 Å². The molecule has 2 aromatic heterocycles. The van der Waals surface area contributed by atoms with Crippen LogP contribution in [0.2, 0.25) is 0 Å². The molecule has 0 unspecified atom stereocenters. The molecule has 6 nitrogen and oxygen atoms in total. The number of pyridine rings is 1. The summed E-state index contributed by atoms with van der Waals surface area (Å²) < 4.78 is 5.61. The lowest BCUT2D eigenvalue weighted by molar-refractivity contribution is -0.134. The molecule has 3 heterocycles. The molecule has 0 atom stereocenters. The van der Waals surface area contributed by atoms with E-state index in [4.69, 9.17) is 9.51 Å². The molecule has 3 fully saturated rings. The van der Waals surface area contributed by atoms with Crippen LogP contribution in [0.25, 0.3) is 11.5 Å². The van der Waals surface area contributed by atoms with Crippen LogP contribution in [0.3, 0.4) is 0 Å². The Morgan fingerprint density at radius 1 is 1.14 bits per heavy atom. The van der Waals surface area contributed by atoms with Crippen LogP contribution in [0.1, 0.15) is 70.0 Å². The first-order valence-corrected chi connectivity index (χ1v) is 11.2. The van der Waals surface area contributed by atoms with Crippen LogP contribution in [-0.2, 0) is 10.2 Å². The quantitative estimate of drug-likeness (QED) is 0.727. The van der Waals surface area contributed by atoms with Gasteiger partial charge in [0.1, 0.15) is 0 Å². The van der Waals surface area contributed by atoms with Gasteiger partial charge in [-0.3, -0.25) is 9.78 Å². The molecule has 3 aliphatic rings. The Morgan fingerprint density at radius 2 is 1.93 bits per heavy atom. The topological polar surface area (TPSA) is 72.1 Å². The van der Waals surface area contributed by atoms with E-state index < -0.39 is 0 Å². The van der Waals surface area contributed by atoms with E-state index in [9.17, 15) is 4.79 Å². The highest BCUT2D eigenvalue weighted by Crippen LogP contribution is 2.47. The molecule has 0 radical (unpaired) electrons. The minimum Gasteiger partial charge on any atom is -0.343 e. The van der Waals surface area contributed by atoms with Gasteiger partial charge in [-0.1, -0.05) is 30.8 Å². The van der Waals surface area contributed by atoms with E-state index in [2.05, 4.69) is 15.0 Å². The number of hydrogen-bond acceptors (Lipinski definition) is 5. The van der Waals surface area contributed by atoms with Crippen molar-refractivity contribution < 1.29 is 9.32 Å². The molecule has 6 heteroatoms. The van der Waals surface area contributed by atoms with Crippen LogP contribution in [0.4, 0.5) is 0 Å². The normalized spacial score (nSPS) is 22.1. The van der Waals surface area contributed by atoms with Crippen LogP contribution in [0.5, 0.6) is 0 Å². The molecule has 1 aliphatic heterocycles. The fourth-order valence-corrected chi connectivity index (χ4v) is 5.21. The van der Waals surface area contributed by atoms with E-state index >= 15 is 0 Å². The number of carbonyl (C=O) groups is 1. The highest BCUT2D eigenvalue weighted by Gasteiger charge is 2.44. The van der Waals surface area contributed by atoms with Gasteiger partial charge >= 0.3 is 0 Å². The molecule has 154 valence electrons.